The predicted molar refractivity (Wildman–Crippen MR) is 89.5 cm³/mol. The Bertz CT molecular complexity index is 865. The molecule has 0 spiro atoms. The van der Waals surface area contributed by atoms with E-state index in [1.54, 1.807) is 23.1 Å². The summed E-state index contributed by atoms with van der Waals surface area (Å²) in [5, 5.41) is 1.96. The van der Waals surface area contributed by atoms with Crippen LogP contribution in [0.1, 0.15) is 39.6 Å². The molecule has 0 bridgehead atoms. The summed E-state index contributed by atoms with van der Waals surface area (Å²) in [7, 11) is -3.32. The summed E-state index contributed by atoms with van der Waals surface area (Å²) in [5.41, 5.74) is 1.85. The molecule has 1 amide bonds. The molecule has 4 nitrogen and oxygen atoms in total. The van der Waals surface area contributed by atoms with Gasteiger partial charge in [-0.25, -0.2) is 8.42 Å². The lowest BCUT2D eigenvalue weighted by Crippen LogP contribution is -2.32. The lowest BCUT2D eigenvalue weighted by molar-refractivity contribution is 0.0758. The smallest absolute Gasteiger partial charge is 0.264 e. The number of thiophene rings is 1. The number of carbonyl (C=O) groups excluding carboxylic acids is 1. The van der Waals surface area contributed by atoms with Crippen molar-refractivity contribution in [1.29, 1.82) is 0 Å². The monoisotopic (exact) mass is 347 g/mol. The lowest BCUT2D eigenvalue weighted by atomic mass is 10.1. The van der Waals surface area contributed by atoms with E-state index in [0.717, 1.165) is 23.3 Å². The van der Waals surface area contributed by atoms with Gasteiger partial charge in [0.2, 0.25) is 0 Å². The number of fused-ring (bicyclic) bond motifs is 1. The topological polar surface area (TPSA) is 54.5 Å². The van der Waals surface area contributed by atoms with Crippen molar-refractivity contribution in [1.82, 2.24) is 4.90 Å². The fourth-order valence-electron chi connectivity index (χ4n) is 3.09. The molecule has 2 aliphatic rings. The number of amides is 1. The molecular formula is C17H17NO3S2. The van der Waals surface area contributed by atoms with E-state index in [-0.39, 0.29) is 18.2 Å². The molecule has 23 heavy (non-hydrogen) atoms. The van der Waals surface area contributed by atoms with Crippen LogP contribution in [0, 0.1) is 0 Å². The number of carbonyl (C=O) groups is 1. The van der Waals surface area contributed by atoms with E-state index in [2.05, 4.69) is 0 Å². The van der Waals surface area contributed by atoms with E-state index >= 15 is 0 Å². The van der Waals surface area contributed by atoms with E-state index in [1.807, 2.05) is 17.5 Å². The zero-order valence-electron chi connectivity index (χ0n) is 12.6. The van der Waals surface area contributed by atoms with Crippen molar-refractivity contribution in [3.8, 4) is 0 Å². The van der Waals surface area contributed by atoms with E-state index in [0.29, 0.717) is 22.9 Å². The molecule has 1 aliphatic heterocycles. The summed E-state index contributed by atoms with van der Waals surface area (Å²) < 4.78 is 24.8. The molecular weight excluding hydrogens is 330 g/mol. The van der Waals surface area contributed by atoms with Gasteiger partial charge >= 0.3 is 0 Å². The Labute approximate surface area is 139 Å². The summed E-state index contributed by atoms with van der Waals surface area (Å²) in [6, 6.07) is 9.04. The molecule has 1 fully saturated rings. The molecule has 0 unspecified atom stereocenters. The van der Waals surface area contributed by atoms with Gasteiger partial charge < -0.3 is 4.90 Å². The van der Waals surface area contributed by atoms with Crippen LogP contribution >= 0.6 is 11.3 Å². The molecule has 0 radical (unpaired) electrons. The first kappa shape index (κ1) is 14.9. The highest BCUT2D eigenvalue weighted by Crippen LogP contribution is 2.43. The Morgan fingerprint density at radius 1 is 1.17 bits per heavy atom. The first-order valence-corrected chi connectivity index (χ1v) is 10.3. The molecule has 0 atom stereocenters. The zero-order chi connectivity index (χ0) is 16.0. The number of hydrogen-bond acceptors (Lipinski definition) is 4. The first-order chi connectivity index (χ1) is 11.1. The molecule has 2 aromatic rings. The lowest BCUT2D eigenvalue weighted by Gasteiger charge is -2.20. The SMILES string of the molecule is O=C(c1sccc1C1CC1)N1CCS(=O)(=O)c2ccccc2C1. The van der Waals surface area contributed by atoms with E-state index in [1.165, 1.54) is 11.3 Å². The number of rotatable bonds is 2. The Balaban J connectivity index is 1.68. The van der Waals surface area contributed by atoms with Gasteiger partial charge in [-0.3, -0.25) is 4.79 Å². The van der Waals surface area contributed by atoms with Gasteiger partial charge in [-0.2, -0.15) is 0 Å². The minimum absolute atomic E-state index is 0.0140. The molecule has 2 heterocycles. The number of sulfone groups is 1. The van der Waals surface area contributed by atoms with Crippen LogP contribution in [0.3, 0.4) is 0 Å². The highest BCUT2D eigenvalue weighted by molar-refractivity contribution is 7.91. The van der Waals surface area contributed by atoms with Crippen molar-refractivity contribution >= 4 is 27.1 Å². The minimum Gasteiger partial charge on any atom is -0.333 e. The van der Waals surface area contributed by atoms with Crippen LogP contribution in [0.4, 0.5) is 0 Å². The maximum absolute atomic E-state index is 12.9. The maximum atomic E-state index is 12.9. The average Bonchev–Trinajstić information content (AvgIpc) is 3.29. The normalized spacial score (nSPS) is 19.9. The molecule has 6 heteroatoms. The van der Waals surface area contributed by atoms with Gasteiger partial charge in [0.25, 0.3) is 5.91 Å². The highest BCUT2D eigenvalue weighted by Gasteiger charge is 2.33. The van der Waals surface area contributed by atoms with Crippen LogP contribution in [0.25, 0.3) is 0 Å². The van der Waals surface area contributed by atoms with Gasteiger partial charge in [0, 0.05) is 13.1 Å². The molecule has 0 saturated heterocycles. The van der Waals surface area contributed by atoms with Crippen LogP contribution in [-0.2, 0) is 16.4 Å². The Hall–Kier alpha value is -1.66. The third-order valence-corrected chi connectivity index (χ3v) is 7.20. The van der Waals surface area contributed by atoms with Crippen molar-refractivity contribution in [2.24, 2.45) is 0 Å². The Kier molecular flexibility index (Phi) is 3.54. The maximum Gasteiger partial charge on any atom is 0.264 e. The van der Waals surface area contributed by atoms with Crippen LogP contribution in [0.5, 0.6) is 0 Å². The second kappa shape index (κ2) is 5.46. The fraction of sp³-hybridized carbons (Fsp3) is 0.353. The fourth-order valence-corrected chi connectivity index (χ4v) is 5.54. The first-order valence-electron chi connectivity index (χ1n) is 7.73. The van der Waals surface area contributed by atoms with Crippen LogP contribution in [0.2, 0.25) is 0 Å². The predicted octanol–water partition coefficient (Wildman–Crippen LogP) is 3.06. The second-order valence-corrected chi connectivity index (χ2v) is 9.13. The Morgan fingerprint density at radius 2 is 1.96 bits per heavy atom. The standard InChI is InChI=1S/C17H17NO3S2/c19-17(16-14(7-9-22-16)12-5-6-12)18-8-10-23(20,21)15-4-2-1-3-13(15)11-18/h1-4,7,9,12H,5-6,8,10-11H2. The Morgan fingerprint density at radius 3 is 2.74 bits per heavy atom. The van der Waals surface area contributed by atoms with Gasteiger partial charge in [0.15, 0.2) is 9.84 Å². The van der Waals surface area contributed by atoms with E-state index in [4.69, 9.17) is 0 Å². The van der Waals surface area contributed by atoms with Gasteiger partial charge in [-0.1, -0.05) is 18.2 Å². The largest absolute Gasteiger partial charge is 0.333 e. The summed E-state index contributed by atoms with van der Waals surface area (Å²) >= 11 is 1.47. The molecule has 120 valence electrons. The second-order valence-electron chi connectivity index (χ2n) is 6.13. The minimum atomic E-state index is -3.32. The van der Waals surface area contributed by atoms with Crippen molar-refractivity contribution in [2.45, 2.75) is 30.2 Å². The van der Waals surface area contributed by atoms with Crippen LogP contribution in [0.15, 0.2) is 40.6 Å². The van der Waals surface area contributed by atoms with Gasteiger partial charge in [-0.05, 0) is 47.4 Å². The van der Waals surface area contributed by atoms with Crippen LogP contribution < -0.4 is 0 Å². The van der Waals surface area contributed by atoms with Gasteiger partial charge in [0.05, 0.1) is 15.5 Å². The summed E-state index contributed by atoms with van der Waals surface area (Å²) in [6.07, 6.45) is 2.29. The van der Waals surface area contributed by atoms with Gasteiger partial charge in [-0.15, -0.1) is 11.3 Å². The number of nitrogens with zero attached hydrogens (tertiary/aromatic N) is 1. The highest BCUT2D eigenvalue weighted by atomic mass is 32.2. The van der Waals surface area contributed by atoms with E-state index in [9.17, 15) is 13.2 Å². The molecule has 1 saturated carbocycles. The summed E-state index contributed by atoms with van der Waals surface area (Å²) in [6.45, 7) is 0.605. The summed E-state index contributed by atoms with van der Waals surface area (Å²) in [5.74, 6) is 0.469. The molecule has 1 aromatic carbocycles. The number of benzene rings is 1. The molecule has 0 N–H and O–H groups in total. The van der Waals surface area contributed by atoms with Crippen molar-refractivity contribution < 1.29 is 13.2 Å². The van der Waals surface area contributed by atoms with Crippen molar-refractivity contribution in [3.05, 3.63) is 51.7 Å². The van der Waals surface area contributed by atoms with Crippen molar-refractivity contribution in [3.63, 3.8) is 0 Å². The average molecular weight is 347 g/mol. The molecule has 1 aliphatic carbocycles. The van der Waals surface area contributed by atoms with E-state index < -0.39 is 9.84 Å². The molecule has 4 rings (SSSR count). The number of hydrogen-bond donors (Lipinski definition) is 0. The zero-order valence-corrected chi connectivity index (χ0v) is 14.2. The third-order valence-electron chi connectivity index (χ3n) is 4.49. The van der Waals surface area contributed by atoms with Crippen LogP contribution in [-0.4, -0.2) is 31.5 Å². The summed E-state index contributed by atoms with van der Waals surface area (Å²) in [4.78, 5) is 15.8. The van der Waals surface area contributed by atoms with Crippen molar-refractivity contribution in [2.75, 3.05) is 12.3 Å². The van der Waals surface area contributed by atoms with Gasteiger partial charge in [0.1, 0.15) is 0 Å². The third kappa shape index (κ3) is 2.70. The molecule has 1 aromatic heterocycles. The quantitative estimate of drug-likeness (QED) is 0.839.